The van der Waals surface area contributed by atoms with E-state index in [1.807, 2.05) is 53.2 Å². The van der Waals surface area contributed by atoms with Gasteiger partial charge in [0.15, 0.2) is 0 Å². The molecular weight excluding hydrogens is 378 g/mol. The Bertz CT molecular complexity index is 1110. The minimum Gasteiger partial charge on any atom is -0.271 e. The van der Waals surface area contributed by atoms with Crippen LogP contribution in [0.3, 0.4) is 0 Å². The van der Waals surface area contributed by atoms with Crippen LogP contribution in [0.1, 0.15) is 22.2 Å². The van der Waals surface area contributed by atoms with E-state index in [2.05, 4.69) is 21.5 Å². The van der Waals surface area contributed by atoms with Crippen LogP contribution in [0.25, 0.3) is 11.0 Å². The third-order valence-corrected chi connectivity index (χ3v) is 6.44. The van der Waals surface area contributed by atoms with Gasteiger partial charge in [-0.05, 0) is 35.0 Å². The van der Waals surface area contributed by atoms with Gasteiger partial charge < -0.3 is 0 Å². The number of hydrogen-bond acceptors (Lipinski definition) is 6. The van der Waals surface area contributed by atoms with Gasteiger partial charge in [-0.1, -0.05) is 29.5 Å². The SMILES string of the molecule is O=C(Cn1nnc2ccccc21)N1N=C(c2cccs2)C[C@@H]1c1cccs1. The van der Waals surface area contributed by atoms with Crippen LogP contribution in [0.5, 0.6) is 0 Å². The van der Waals surface area contributed by atoms with E-state index in [0.29, 0.717) is 0 Å². The van der Waals surface area contributed by atoms with Crippen LogP contribution in [0.15, 0.2) is 64.4 Å². The Hall–Kier alpha value is -2.84. The summed E-state index contributed by atoms with van der Waals surface area (Å²) in [5.74, 6) is -0.0874. The molecule has 0 saturated heterocycles. The number of thiophene rings is 2. The third-order valence-electron chi connectivity index (χ3n) is 4.55. The number of aromatic nitrogens is 3. The molecule has 134 valence electrons. The van der Waals surface area contributed by atoms with Crippen LogP contribution >= 0.6 is 22.7 Å². The van der Waals surface area contributed by atoms with E-state index in [0.717, 1.165) is 32.9 Å². The summed E-state index contributed by atoms with van der Waals surface area (Å²) >= 11 is 3.30. The highest BCUT2D eigenvalue weighted by Crippen LogP contribution is 2.36. The highest BCUT2D eigenvalue weighted by molar-refractivity contribution is 7.12. The third kappa shape index (κ3) is 2.96. The quantitative estimate of drug-likeness (QED) is 0.528. The first-order valence-corrected chi connectivity index (χ1v) is 10.3. The summed E-state index contributed by atoms with van der Waals surface area (Å²) in [6.45, 7) is 0.115. The molecular formula is C19H15N5OS2. The summed E-state index contributed by atoms with van der Waals surface area (Å²) in [6.07, 6.45) is 0.727. The smallest absolute Gasteiger partial charge is 0.265 e. The maximum Gasteiger partial charge on any atom is 0.265 e. The van der Waals surface area contributed by atoms with Gasteiger partial charge in [0, 0.05) is 11.3 Å². The Labute approximate surface area is 163 Å². The topological polar surface area (TPSA) is 63.4 Å². The molecule has 0 spiro atoms. The number of carbonyl (C=O) groups is 1. The van der Waals surface area contributed by atoms with Gasteiger partial charge in [0.05, 0.1) is 22.1 Å². The average Bonchev–Trinajstić information content (AvgIpc) is 3.47. The minimum atomic E-state index is -0.0874. The molecule has 1 aliphatic rings. The molecule has 1 atom stereocenters. The summed E-state index contributed by atoms with van der Waals surface area (Å²) < 4.78 is 1.64. The summed E-state index contributed by atoms with van der Waals surface area (Å²) in [5, 5.41) is 18.6. The van der Waals surface area contributed by atoms with E-state index in [9.17, 15) is 4.79 Å². The molecule has 4 heterocycles. The van der Waals surface area contributed by atoms with Crippen molar-refractivity contribution in [3.05, 3.63) is 69.0 Å². The highest BCUT2D eigenvalue weighted by atomic mass is 32.1. The van der Waals surface area contributed by atoms with E-state index < -0.39 is 0 Å². The zero-order chi connectivity index (χ0) is 18.2. The molecule has 0 fully saturated rings. The Morgan fingerprint density at radius 1 is 1.07 bits per heavy atom. The zero-order valence-corrected chi connectivity index (χ0v) is 15.9. The molecule has 0 bridgehead atoms. The molecule has 6 nitrogen and oxygen atoms in total. The normalized spacial score (nSPS) is 16.8. The number of carbonyl (C=O) groups excluding carboxylic acids is 1. The van der Waals surface area contributed by atoms with Crippen LogP contribution in [0.2, 0.25) is 0 Å². The van der Waals surface area contributed by atoms with Crippen LogP contribution in [-0.4, -0.2) is 31.6 Å². The number of benzene rings is 1. The standard InChI is InChI=1S/C19H15N5OS2/c25-19(12-23-15-6-2-1-5-13(15)20-22-23)24-16(18-8-4-10-27-18)11-14(21-24)17-7-3-9-26-17/h1-10,16H,11-12H2/t16-/m1/s1. The maximum absolute atomic E-state index is 13.1. The second-order valence-electron chi connectivity index (χ2n) is 6.23. The van der Waals surface area contributed by atoms with E-state index in [4.69, 9.17) is 0 Å². The Morgan fingerprint density at radius 3 is 2.74 bits per heavy atom. The molecule has 3 aromatic heterocycles. The predicted molar refractivity (Wildman–Crippen MR) is 107 cm³/mol. The van der Waals surface area contributed by atoms with Crippen molar-refractivity contribution in [2.75, 3.05) is 0 Å². The van der Waals surface area contributed by atoms with Crippen molar-refractivity contribution < 1.29 is 4.79 Å². The van der Waals surface area contributed by atoms with Gasteiger partial charge in [-0.25, -0.2) is 9.69 Å². The van der Waals surface area contributed by atoms with Crippen LogP contribution in [0, 0.1) is 0 Å². The van der Waals surface area contributed by atoms with E-state index in [-0.39, 0.29) is 18.5 Å². The molecule has 1 amide bonds. The first kappa shape index (κ1) is 16.3. The molecule has 0 N–H and O–H groups in total. The Kier molecular flexibility index (Phi) is 4.06. The van der Waals surface area contributed by atoms with Crippen molar-refractivity contribution in [2.24, 2.45) is 5.10 Å². The monoisotopic (exact) mass is 393 g/mol. The maximum atomic E-state index is 13.1. The number of hydrogen-bond donors (Lipinski definition) is 0. The fourth-order valence-electron chi connectivity index (χ4n) is 3.27. The molecule has 1 aromatic carbocycles. The number of amides is 1. The van der Waals surface area contributed by atoms with Gasteiger partial charge in [-0.15, -0.1) is 27.8 Å². The molecule has 0 unspecified atom stereocenters. The first-order chi connectivity index (χ1) is 13.3. The molecule has 27 heavy (non-hydrogen) atoms. The van der Waals surface area contributed by atoms with Gasteiger partial charge in [-0.3, -0.25) is 4.79 Å². The van der Waals surface area contributed by atoms with Crippen LogP contribution < -0.4 is 0 Å². The fourth-order valence-corrected chi connectivity index (χ4v) is 4.80. The lowest BCUT2D eigenvalue weighted by Crippen LogP contribution is -2.30. The van der Waals surface area contributed by atoms with Gasteiger partial charge in [0.1, 0.15) is 12.1 Å². The molecule has 0 radical (unpaired) electrons. The molecule has 4 aromatic rings. The largest absolute Gasteiger partial charge is 0.271 e. The zero-order valence-electron chi connectivity index (χ0n) is 14.2. The van der Waals surface area contributed by atoms with E-state index in [1.54, 1.807) is 32.4 Å². The first-order valence-electron chi connectivity index (χ1n) is 8.54. The van der Waals surface area contributed by atoms with Crippen molar-refractivity contribution >= 4 is 45.3 Å². The predicted octanol–water partition coefficient (Wildman–Crippen LogP) is 3.93. The highest BCUT2D eigenvalue weighted by Gasteiger charge is 2.34. The summed E-state index contributed by atoms with van der Waals surface area (Å²) in [5.41, 5.74) is 2.59. The second-order valence-corrected chi connectivity index (χ2v) is 8.16. The van der Waals surface area contributed by atoms with E-state index >= 15 is 0 Å². The molecule has 1 aliphatic heterocycles. The lowest BCUT2D eigenvalue weighted by atomic mass is 10.1. The summed E-state index contributed by atoms with van der Waals surface area (Å²) in [6, 6.07) is 15.7. The van der Waals surface area contributed by atoms with Crippen molar-refractivity contribution in [3.8, 4) is 0 Å². The molecule has 0 saturated carbocycles. The van der Waals surface area contributed by atoms with Crippen LogP contribution in [-0.2, 0) is 11.3 Å². The molecule has 5 rings (SSSR count). The van der Waals surface area contributed by atoms with Gasteiger partial charge in [-0.2, -0.15) is 5.10 Å². The number of nitrogens with zero attached hydrogens (tertiary/aromatic N) is 5. The fraction of sp³-hybridized carbons (Fsp3) is 0.158. The molecule has 8 heteroatoms. The number of rotatable bonds is 4. The molecule has 0 aliphatic carbocycles. The summed E-state index contributed by atoms with van der Waals surface area (Å²) in [4.78, 5) is 15.4. The Morgan fingerprint density at radius 2 is 1.93 bits per heavy atom. The number of fused-ring (bicyclic) bond motifs is 1. The summed E-state index contributed by atoms with van der Waals surface area (Å²) in [7, 11) is 0. The van der Waals surface area contributed by atoms with Crippen molar-refractivity contribution in [1.29, 1.82) is 0 Å². The van der Waals surface area contributed by atoms with Gasteiger partial charge in [0.2, 0.25) is 0 Å². The van der Waals surface area contributed by atoms with Crippen LogP contribution in [0.4, 0.5) is 0 Å². The van der Waals surface area contributed by atoms with Gasteiger partial charge >= 0.3 is 0 Å². The second kappa shape index (κ2) is 6.71. The number of para-hydroxylation sites is 1. The minimum absolute atomic E-state index is 0.0654. The van der Waals surface area contributed by atoms with Crippen molar-refractivity contribution in [2.45, 2.75) is 19.0 Å². The number of hydrazone groups is 1. The lowest BCUT2D eigenvalue weighted by molar-refractivity contribution is -0.133. The Balaban J connectivity index is 1.47. The average molecular weight is 393 g/mol. The van der Waals surface area contributed by atoms with Gasteiger partial charge in [0.25, 0.3) is 5.91 Å². The van der Waals surface area contributed by atoms with Crippen molar-refractivity contribution in [1.82, 2.24) is 20.0 Å². The lowest BCUT2D eigenvalue weighted by Gasteiger charge is -2.20. The van der Waals surface area contributed by atoms with Crippen molar-refractivity contribution in [3.63, 3.8) is 0 Å². The van der Waals surface area contributed by atoms with E-state index in [1.165, 1.54) is 0 Å².